The van der Waals surface area contributed by atoms with Crippen LogP contribution in [0.5, 0.6) is 0 Å². The van der Waals surface area contributed by atoms with Crippen molar-refractivity contribution in [3.63, 3.8) is 0 Å². The van der Waals surface area contributed by atoms with E-state index in [9.17, 15) is 14.9 Å². The van der Waals surface area contributed by atoms with Gasteiger partial charge < -0.3 is 0 Å². The first-order valence-corrected chi connectivity index (χ1v) is 4.32. The Morgan fingerprint density at radius 2 is 2.15 bits per heavy atom. The number of rotatable bonds is 2. The monoisotopic (exact) mass is 263 g/mol. The molecule has 4 nitrogen and oxygen atoms in total. The van der Waals surface area contributed by atoms with E-state index in [1.165, 1.54) is 12.1 Å². The largest absolute Gasteiger partial charge is 0.301 e. The van der Waals surface area contributed by atoms with Crippen molar-refractivity contribution in [1.82, 2.24) is 0 Å². The molecule has 0 radical (unpaired) electrons. The lowest BCUT2D eigenvalue weighted by atomic mass is 10.2. The van der Waals surface area contributed by atoms with Crippen molar-refractivity contribution in [3.8, 4) is 0 Å². The third kappa shape index (κ3) is 2.05. The maximum atomic E-state index is 10.4. The molecular weight excluding hydrogens is 261 g/mol. The Morgan fingerprint density at radius 3 is 2.54 bits per heavy atom. The van der Waals surface area contributed by atoms with Crippen LogP contribution in [0.4, 0.5) is 5.69 Å². The Kier molecular flexibility index (Phi) is 3.00. The zero-order chi connectivity index (χ0) is 10.0. The molecule has 0 saturated heterocycles. The molecule has 68 valence electrons. The summed E-state index contributed by atoms with van der Waals surface area (Å²) in [5, 5.41) is 10.4. The molecule has 0 unspecified atom stereocenters. The van der Waals surface area contributed by atoms with Gasteiger partial charge in [-0.3, -0.25) is 14.9 Å². The first-order valence-electron chi connectivity index (χ1n) is 3.15. The van der Waals surface area contributed by atoms with E-state index in [1.807, 2.05) is 0 Å². The van der Waals surface area contributed by atoms with Gasteiger partial charge in [-0.2, -0.15) is 0 Å². The van der Waals surface area contributed by atoms with E-state index >= 15 is 0 Å². The van der Waals surface area contributed by atoms with E-state index in [4.69, 9.17) is 11.6 Å². The third-order valence-electron chi connectivity index (χ3n) is 1.36. The minimum atomic E-state index is -0.610. The topological polar surface area (TPSA) is 60.2 Å². The summed E-state index contributed by atoms with van der Waals surface area (Å²) >= 11 is 8.53. The average molecular weight is 264 g/mol. The fourth-order valence-electron chi connectivity index (χ4n) is 0.828. The van der Waals surface area contributed by atoms with Crippen molar-refractivity contribution in [3.05, 3.63) is 37.3 Å². The van der Waals surface area contributed by atoms with Crippen LogP contribution < -0.4 is 0 Å². The van der Waals surface area contributed by atoms with Crippen LogP contribution in [-0.4, -0.2) is 11.2 Å². The summed E-state index contributed by atoms with van der Waals surface area (Å²) < 4.78 is 0.201. The fraction of sp³-hybridized carbons (Fsp3) is 0. The van der Waals surface area contributed by atoms with Gasteiger partial charge in [0, 0.05) is 5.56 Å². The first kappa shape index (κ1) is 10.1. The average Bonchev–Trinajstić information content (AvgIpc) is 2.02. The lowest BCUT2D eigenvalue weighted by Gasteiger charge is -1.98. The number of nitro benzene ring substituents is 1. The van der Waals surface area contributed by atoms with E-state index in [2.05, 4.69) is 15.9 Å². The molecule has 13 heavy (non-hydrogen) atoms. The summed E-state index contributed by atoms with van der Waals surface area (Å²) in [6.07, 6.45) is 0.570. The molecule has 1 rings (SSSR count). The molecule has 0 aliphatic rings. The molecule has 0 N–H and O–H groups in total. The lowest BCUT2D eigenvalue weighted by molar-refractivity contribution is -0.385. The van der Waals surface area contributed by atoms with E-state index in [-0.39, 0.29) is 15.2 Å². The molecule has 0 saturated carbocycles. The predicted octanol–water partition coefficient (Wildman–Crippen LogP) is 2.82. The van der Waals surface area contributed by atoms with Crippen molar-refractivity contribution < 1.29 is 9.72 Å². The summed E-state index contributed by atoms with van der Waals surface area (Å²) in [4.78, 5) is 20.2. The molecule has 6 heteroatoms. The van der Waals surface area contributed by atoms with E-state index in [0.29, 0.717) is 11.8 Å². The van der Waals surface area contributed by atoms with Gasteiger partial charge in [0.1, 0.15) is 11.3 Å². The maximum Gasteiger partial charge on any atom is 0.301 e. The fourth-order valence-corrected chi connectivity index (χ4v) is 1.86. The molecule has 0 amide bonds. The number of carbonyl (C=O) groups excluding carboxylic acids is 1. The van der Waals surface area contributed by atoms with Crippen LogP contribution in [0.15, 0.2) is 16.6 Å². The van der Waals surface area contributed by atoms with E-state index < -0.39 is 4.92 Å². The highest BCUT2D eigenvalue weighted by Crippen LogP contribution is 2.33. The molecule has 0 fully saturated rings. The van der Waals surface area contributed by atoms with Crippen molar-refractivity contribution >= 4 is 39.5 Å². The number of nitrogens with zero attached hydrogens (tertiary/aromatic N) is 1. The molecule has 0 heterocycles. The number of nitro groups is 1. The molecule has 0 aliphatic carbocycles. The molecule has 0 bridgehead atoms. The van der Waals surface area contributed by atoms with Gasteiger partial charge in [0.2, 0.25) is 0 Å². The summed E-state index contributed by atoms with van der Waals surface area (Å²) in [6.45, 7) is 0. The van der Waals surface area contributed by atoms with Crippen molar-refractivity contribution in [2.45, 2.75) is 0 Å². The summed E-state index contributed by atoms with van der Waals surface area (Å²) in [6, 6.07) is 2.59. The number of aldehydes is 1. The van der Waals surface area contributed by atoms with Gasteiger partial charge in [0.05, 0.1) is 9.40 Å². The number of halogens is 2. The van der Waals surface area contributed by atoms with Gasteiger partial charge in [-0.05, 0) is 28.1 Å². The highest BCUT2D eigenvalue weighted by Gasteiger charge is 2.17. The van der Waals surface area contributed by atoms with Gasteiger partial charge in [0.25, 0.3) is 0 Å². The van der Waals surface area contributed by atoms with Crippen molar-refractivity contribution in [1.29, 1.82) is 0 Å². The quantitative estimate of drug-likeness (QED) is 0.469. The first-order chi connectivity index (χ1) is 6.06. The smallest absolute Gasteiger partial charge is 0.298 e. The molecule has 1 aromatic rings. The number of hydrogen-bond acceptors (Lipinski definition) is 3. The molecular formula is C7H3BrClNO3. The van der Waals surface area contributed by atoms with E-state index in [1.54, 1.807) is 0 Å². The highest BCUT2D eigenvalue weighted by molar-refractivity contribution is 9.10. The standard InChI is InChI=1S/C7H3BrClNO3/c8-5-1-4(3-11)2-6(9)7(5)10(12)13/h1-3H. The Morgan fingerprint density at radius 1 is 1.54 bits per heavy atom. The van der Waals surface area contributed by atoms with Gasteiger partial charge in [-0.25, -0.2) is 0 Å². The minimum Gasteiger partial charge on any atom is -0.298 e. The third-order valence-corrected chi connectivity index (χ3v) is 2.25. The molecule has 0 spiro atoms. The van der Waals surface area contributed by atoms with Crippen molar-refractivity contribution in [2.24, 2.45) is 0 Å². The zero-order valence-electron chi connectivity index (χ0n) is 6.16. The summed E-state index contributed by atoms with van der Waals surface area (Å²) in [5.74, 6) is 0. The molecule has 0 aromatic heterocycles. The Balaban J connectivity index is 3.39. The second kappa shape index (κ2) is 3.85. The predicted molar refractivity (Wildman–Crippen MR) is 51.2 cm³/mol. The van der Waals surface area contributed by atoms with Gasteiger partial charge >= 0.3 is 5.69 Å². The van der Waals surface area contributed by atoms with Crippen LogP contribution >= 0.6 is 27.5 Å². The van der Waals surface area contributed by atoms with Gasteiger partial charge in [-0.15, -0.1) is 0 Å². The molecule has 1 aromatic carbocycles. The van der Waals surface area contributed by atoms with Crippen LogP contribution in [0.25, 0.3) is 0 Å². The van der Waals surface area contributed by atoms with Crippen LogP contribution in [-0.2, 0) is 0 Å². The zero-order valence-corrected chi connectivity index (χ0v) is 8.50. The van der Waals surface area contributed by atoms with Crippen molar-refractivity contribution in [2.75, 3.05) is 0 Å². The Hall–Kier alpha value is -0.940. The molecule has 0 atom stereocenters. The lowest BCUT2D eigenvalue weighted by Crippen LogP contribution is -1.92. The SMILES string of the molecule is O=Cc1cc(Cl)c([N+](=O)[O-])c(Br)c1. The van der Waals surface area contributed by atoms with E-state index in [0.717, 1.165) is 0 Å². The summed E-state index contributed by atoms with van der Waals surface area (Å²) in [5.41, 5.74) is 0.0646. The van der Waals surface area contributed by atoms with Gasteiger partial charge in [-0.1, -0.05) is 11.6 Å². The minimum absolute atomic E-state index is 0.0542. The Labute approximate surface area is 86.8 Å². The Bertz CT molecular complexity index is 357. The number of hydrogen-bond donors (Lipinski definition) is 0. The molecule has 0 aliphatic heterocycles. The highest BCUT2D eigenvalue weighted by atomic mass is 79.9. The number of carbonyl (C=O) groups is 1. The van der Waals surface area contributed by atoms with Crippen LogP contribution in [0, 0.1) is 10.1 Å². The maximum absolute atomic E-state index is 10.4. The normalized spacial score (nSPS) is 9.69. The van der Waals surface area contributed by atoms with Crippen LogP contribution in [0.3, 0.4) is 0 Å². The van der Waals surface area contributed by atoms with Crippen LogP contribution in [0.2, 0.25) is 5.02 Å². The van der Waals surface area contributed by atoms with Crippen LogP contribution in [0.1, 0.15) is 10.4 Å². The second-order valence-corrected chi connectivity index (χ2v) is 3.47. The van der Waals surface area contributed by atoms with Gasteiger partial charge in [0.15, 0.2) is 0 Å². The summed E-state index contributed by atoms with van der Waals surface area (Å²) in [7, 11) is 0. The number of benzene rings is 1. The second-order valence-electron chi connectivity index (χ2n) is 2.21.